The van der Waals surface area contributed by atoms with Crippen molar-refractivity contribution in [3.05, 3.63) is 78.4 Å². The van der Waals surface area contributed by atoms with Gasteiger partial charge in [0.05, 0.1) is 13.0 Å². The van der Waals surface area contributed by atoms with E-state index in [2.05, 4.69) is 11.9 Å². The highest BCUT2D eigenvalue weighted by atomic mass is 16.2. The van der Waals surface area contributed by atoms with Crippen molar-refractivity contribution in [2.24, 2.45) is 5.92 Å². The Labute approximate surface area is 154 Å². The third kappa shape index (κ3) is 4.82. The quantitative estimate of drug-likeness (QED) is 0.743. The highest BCUT2D eigenvalue weighted by Crippen LogP contribution is 2.33. The van der Waals surface area contributed by atoms with Crippen molar-refractivity contribution in [1.29, 1.82) is 0 Å². The molecule has 1 fully saturated rings. The Morgan fingerprint density at radius 2 is 1.81 bits per heavy atom. The monoisotopic (exact) mass is 348 g/mol. The SMILES string of the molecule is C=CCNC(=O)Cc1cccc(N(Cc2ccccc2)C(=O)C2CC2)c1. The number of rotatable bonds is 8. The van der Waals surface area contributed by atoms with Crippen molar-refractivity contribution < 1.29 is 9.59 Å². The van der Waals surface area contributed by atoms with Crippen molar-refractivity contribution in [2.45, 2.75) is 25.8 Å². The van der Waals surface area contributed by atoms with Crippen LogP contribution in [-0.2, 0) is 22.6 Å². The minimum atomic E-state index is -0.0508. The molecule has 0 radical (unpaired) electrons. The summed E-state index contributed by atoms with van der Waals surface area (Å²) in [6, 6.07) is 17.7. The second-order valence-corrected chi connectivity index (χ2v) is 6.62. The molecule has 0 atom stereocenters. The molecule has 0 aromatic heterocycles. The van der Waals surface area contributed by atoms with Crippen LogP contribution in [0.25, 0.3) is 0 Å². The number of carbonyl (C=O) groups excluding carboxylic acids is 2. The van der Waals surface area contributed by atoms with Gasteiger partial charge in [0.15, 0.2) is 0 Å². The minimum absolute atomic E-state index is 0.0508. The molecule has 0 aliphatic heterocycles. The fraction of sp³-hybridized carbons (Fsp3) is 0.273. The van der Waals surface area contributed by atoms with E-state index < -0.39 is 0 Å². The Hall–Kier alpha value is -2.88. The van der Waals surface area contributed by atoms with Crippen molar-refractivity contribution in [2.75, 3.05) is 11.4 Å². The van der Waals surface area contributed by atoms with E-state index in [-0.39, 0.29) is 17.7 Å². The first-order valence-corrected chi connectivity index (χ1v) is 8.99. The molecule has 1 aliphatic carbocycles. The molecule has 2 amide bonds. The predicted molar refractivity (Wildman–Crippen MR) is 104 cm³/mol. The van der Waals surface area contributed by atoms with E-state index in [1.165, 1.54) is 0 Å². The Balaban J connectivity index is 1.79. The summed E-state index contributed by atoms with van der Waals surface area (Å²) in [5.41, 5.74) is 2.83. The molecule has 4 heteroatoms. The van der Waals surface area contributed by atoms with Crippen LogP contribution in [0.3, 0.4) is 0 Å². The molecule has 0 bridgehead atoms. The van der Waals surface area contributed by atoms with Gasteiger partial charge in [0, 0.05) is 18.2 Å². The minimum Gasteiger partial charge on any atom is -0.352 e. The number of anilines is 1. The van der Waals surface area contributed by atoms with E-state index in [9.17, 15) is 9.59 Å². The highest BCUT2D eigenvalue weighted by molar-refractivity contribution is 5.96. The second kappa shape index (κ2) is 8.48. The van der Waals surface area contributed by atoms with Crippen molar-refractivity contribution in [3.8, 4) is 0 Å². The lowest BCUT2D eigenvalue weighted by Gasteiger charge is -2.24. The lowest BCUT2D eigenvalue weighted by molar-refractivity contribution is -0.120. The molecular formula is C22H24N2O2. The van der Waals surface area contributed by atoms with E-state index in [0.717, 1.165) is 29.7 Å². The normalized spacial score (nSPS) is 13.1. The van der Waals surface area contributed by atoms with Crippen LogP contribution in [0.2, 0.25) is 0 Å². The summed E-state index contributed by atoms with van der Waals surface area (Å²) in [7, 11) is 0. The number of nitrogens with one attached hydrogen (secondary N) is 1. The van der Waals surface area contributed by atoms with E-state index in [1.54, 1.807) is 6.08 Å². The molecule has 2 aromatic carbocycles. The van der Waals surface area contributed by atoms with Gasteiger partial charge in [-0.3, -0.25) is 9.59 Å². The van der Waals surface area contributed by atoms with Crippen LogP contribution in [0.4, 0.5) is 5.69 Å². The molecule has 0 unspecified atom stereocenters. The van der Waals surface area contributed by atoms with Gasteiger partial charge in [-0.2, -0.15) is 0 Å². The molecule has 1 N–H and O–H groups in total. The summed E-state index contributed by atoms with van der Waals surface area (Å²) in [5, 5.41) is 2.78. The molecule has 2 aromatic rings. The van der Waals surface area contributed by atoms with Crippen molar-refractivity contribution >= 4 is 17.5 Å². The van der Waals surface area contributed by atoms with E-state index in [0.29, 0.717) is 19.5 Å². The molecule has 0 saturated heterocycles. The third-order valence-electron chi connectivity index (χ3n) is 4.41. The lowest BCUT2D eigenvalue weighted by atomic mass is 10.1. The van der Waals surface area contributed by atoms with Gasteiger partial charge in [-0.05, 0) is 36.1 Å². The fourth-order valence-corrected chi connectivity index (χ4v) is 2.88. The van der Waals surface area contributed by atoms with Gasteiger partial charge in [-0.25, -0.2) is 0 Å². The smallest absolute Gasteiger partial charge is 0.230 e. The summed E-state index contributed by atoms with van der Waals surface area (Å²) in [6.45, 7) is 4.60. The first-order valence-electron chi connectivity index (χ1n) is 8.99. The van der Waals surface area contributed by atoms with Gasteiger partial charge in [0.25, 0.3) is 0 Å². The first-order chi connectivity index (χ1) is 12.7. The Kier molecular flexibility index (Phi) is 5.84. The largest absolute Gasteiger partial charge is 0.352 e. The van der Waals surface area contributed by atoms with E-state index in [4.69, 9.17) is 0 Å². The number of nitrogens with zero attached hydrogens (tertiary/aromatic N) is 1. The summed E-state index contributed by atoms with van der Waals surface area (Å²) in [4.78, 5) is 26.6. The second-order valence-electron chi connectivity index (χ2n) is 6.62. The van der Waals surface area contributed by atoms with Crippen LogP contribution in [0.5, 0.6) is 0 Å². The summed E-state index contributed by atoms with van der Waals surface area (Å²) < 4.78 is 0. The average Bonchev–Trinajstić information content (AvgIpc) is 3.50. The third-order valence-corrected chi connectivity index (χ3v) is 4.41. The zero-order chi connectivity index (χ0) is 18.4. The van der Waals surface area contributed by atoms with Crippen LogP contribution in [0, 0.1) is 5.92 Å². The molecule has 134 valence electrons. The highest BCUT2D eigenvalue weighted by Gasteiger charge is 2.34. The predicted octanol–water partition coefficient (Wildman–Crippen LogP) is 3.47. The zero-order valence-electron chi connectivity index (χ0n) is 14.9. The number of amides is 2. The molecular weight excluding hydrogens is 324 g/mol. The fourth-order valence-electron chi connectivity index (χ4n) is 2.88. The number of benzene rings is 2. The number of carbonyl (C=O) groups is 2. The van der Waals surface area contributed by atoms with Gasteiger partial charge < -0.3 is 10.2 Å². The zero-order valence-corrected chi connectivity index (χ0v) is 14.9. The van der Waals surface area contributed by atoms with Crippen LogP contribution < -0.4 is 10.2 Å². The Bertz CT molecular complexity index is 782. The Morgan fingerprint density at radius 3 is 2.50 bits per heavy atom. The maximum atomic E-state index is 12.8. The van der Waals surface area contributed by atoms with Crippen LogP contribution in [-0.4, -0.2) is 18.4 Å². The summed E-state index contributed by atoms with van der Waals surface area (Å²) in [6.07, 6.45) is 3.88. The lowest BCUT2D eigenvalue weighted by Crippen LogP contribution is -2.32. The first kappa shape index (κ1) is 17.9. The number of hydrogen-bond donors (Lipinski definition) is 1. The van der Waals surface area contributed by atoms with Crippen LogP contribution >= 0.6 is 0 Å². The van der Waals surface area contributed by atoms with E-state index >= 15 is 0 Å². The van der Waals surface area contributed by atoms with E-state index in [1.807, 2.05) is 59.5 Å². The average molecular weight is 348 g/mol. The van der Waals surface area contributed by atoms with Crippen molar-refractivity contribution in [3.63, 3.8) is 0 Å². The summed E-state index contributed by atoms with van der Waals surface area (Å²) >= 11 is 0. The molecule has 4 nitrogen and oxygen atoms in total. The van der Waals surface area contributed by atoms with Crippen molar-refractivity contribution in [1.82, 2.24) is 5.32 Å². The van der Waals surface area contributed by atoms with Crippen LogP contribution in [0.15, 0.2) is 67.3 Å². The molecule has 3 rings (SSSR count). The number of hydrogen-bond acceptors (Lipinski definition) is 2. The molecule has 1 aliphatic rings. The topological polar surface area (TPSA) is 49.4 Å². The molecule has 26 heavy (non-hydrogen) atoms. The molecule has 0 spiro atoms. The molecule has 0 heterocycles. The van der Waals surface area contributed by atoms with Gasteiger partial charge in [0.1, 0.15) is 0 Å². The maximum absolute atomic E-state index is 12.8. The molecule has 1 saturated carbocycles. The van der Waals surface area contributed by atoms with Crippen LogP contribution in [0.1, 0.15) is 24.0 Å². The Morgan fingerprint density at radius 1 is 1.08 bits per heavy atom. The maximum Gasteiger partial charge on any atom is 0.230 e. The summed E-state index contributed by atoms with van der Waals surface area (Å²) in [5.74, 6) is 0.255. The standard InChI is InChI=1S/C22H24N2O2/c1-2-13-23-21(25)15-18-9-6-10-20(14-18)24(22(26)19-11-12-19)16-17-7-4-3-5-8-17/h2-10,14,19H,1,11-13,15-16H2,(H,23,25). The van der Waals surface area contributed by atoms with Gasteiger partial charge >= 0.3 is 0 Å². The van der Waals surface area contributed by atoms with Gasteiger partial charge in [-0.1, -0.05) is 48.5 Å². The van der Waals surface area contributed by atoms with Gasteiger partial charge in [0.2, 0.25) is 11.8 Å². The van der Waals surface area contributed by atoms with Gasteiger partial charge in [-0.15, -0.1) is 6.58 Å².